The highest BCUT2D eigenvalue weighted by atomic mass is 79.9. The Hall–Kier alpha value is -2.19. The molecule has 3 aliphatic heterocycles. The molecule has 1 aromatic rings. The van der Waals surface area contributed by atoms with Gasteiger partial charge in [0, 0.05) is 22.2 Å². The molecule has 4 aliphatic rings. The molecule has 2 bridgehead atoms. The number of hydrogen-bond acceptors (Lipinski definition) is 4. The number of nitrogens with zero attached hydrogens (tertiary/aromatic N) is 1. The Labute approximate surface area is 208 Å². The summed E-state index contributed by atoms with van der Waals surface area (Å²) in [5.74, 6) is -1.98. The zero-order valence-electron chi connectivity index (χ0n) is 19.6. The van der Waals surface area contributed by atoms with E-state index in [1.54, 1.807) is 4.90 Å². The topological polar surface area (TPSA) is 87.7 Å². The van der Waals surface area contributed by atoms with Crippen LogP contribution in [0.25, 0.3) is 0 Å². The first-order valence-electron chi connectivity index (χ1n) is 12.4. The fourth-order valence-corrected chi connectivity index (χ4v) is 6.43. The van der Waals surface area contributed by atoms with E-state index in [1.807, 2.05) is 50.3 Å². The lowest BCUT2D eigenvalue weighted by Crippen LogP contribution is -2.58. The largest absolute Gasteiger partial charge is 0.359 e. The van der Waals surface area contributed by atoms with Gasteiger partial charge in [-0.05, 0) is 50.5 Å². The van der Waals surface area contributed by atoms with E-state index in [2.05, 4.69) is 26.6 Å². The normalized spacial score (nSPS) is 33.1. The summed E-state index contributed by atoms with van der Waals surface area (Å²) in [6, 6.07) is 6.55. The molecule has 0 radical (unpaired) electrons. The van der Waals surface area contributed by atoms with Crippen LogP contribution in [0.3, 0.4) is 0 Å². The standard InChI is InChI=1S/C26H32BrN3O4/c1-3-15(2)30-22(24(32)29-17-7-5-4-6-8-17)26-14-13-19(34-26)20(21(26)25(30)33)23(31)28-18-11-9-16(27)10-12-18/h9-15,17,19-22H,3-8H2,1-2H3,(H,28,31)(H,29,32)/t15-,19+,20-,21+,22+,26-/m0/s1. The smallest absolute Gasteiger partial charge is 0.246 e. The number of nitrogens with one attached hydrogen (secondary N) is 2. The van der Waals surface area contributed by atoms with Crippen molar-refractivity contribution in [2.75, 3.05) is 5.32 Å². The minimum atomic E-state index is -1.11. The molecular weight excluding hydrogens is 498 g/mol. The molecule has 6 atom stereocenters. The summed E-state index contributed by atoms with van der Waals surface area (Å²) < 4.78 is 7.30. The third-order valence-electron chi connectivity index (χ3n) is 7.99. The molecule has 1 aliphatic carbocycles. The van der Waals surface area contributed by atoms with Gasteiger partial charge in [0.25, 0.3) is 0 Å². The molecule has 7 nitrogen and oxygen atoms in total. The van der Waals surface area contributed by atoms with Gasteiger partial charge in [-0.25, -0.2) is 0 Å². The van der Waals surface area contributed by atoms with Crippen molar-refractivity contribution in [3.8, 4) is 0 Å². The Morgan fingerprint density at radius 1 is 1.18 bits per heavy atom. The van der Waals surface area contributed by atoms with Crippen LogP contribution in [0.5, 0.6) is 0 Å². The average Bonchev–Trinajstić information content (AvgIpc) is 3.48. The molecule has 2 N–H and O–H groups in total. The molecule has 0 aromatic heterocycles. The molecule has 1 saturated carbocycles. The highest BCUT2D eigenvalue weighted by Gasteiger charge is 2.73. The molecule has 34 heavy (non-hydrogen) atoms. The molecule has 3 heterocycles. The Bertz CT molecular complexity index is 1010. The first-order valence-corrected chi connectivity index (χ1v) is 13.2. The number of carbonyl (C=O) groups is 3. The van der Waals surface area contributed by atoms with E-state index < -0.39 is 29.6 Å². The summed E-state index contributed by atoms with van der Waals surface area (Å²) in [7, 11) is 0. The van der Waals surface area contributed by atoms with E-state index in [4.69, 9.17) is 4.74 Å². The second-order valence-corrected chi connectivity index (χ2v) is 11.0. The summed E-state index contributed by atoms with van der Waals surface area (Å²) in [6.07, 6.45) is 9.25. The van der Waals surface area contributed by atoms with Crippen molar-refractivity contribution in [1.82, 2.24) is 10.2 Å². The van der Waals surface area contributed by atoms with Crippen LogP contribution in [0.15, 0.2) is 40.9 Å². The molecule has 8 heteroatoms. The summed E-state index contributed by atoms with van der Waals surface area (Å²) in [5.41, 5.74) is -0.448. The van der Waals surface area contributed by atoms with E-state index in [0.29, 0.717) is 12.1 Å². The van der Waals surface area contributed by atoms with Gasteiger partial charge < -0.3 is 20.3 Å². The third-order valence-corrected chi connectivity index (χ3v) is 8.52. The van der Waals surface area contributed by atoms with Gasteiger partial charge >= 0.3 is 0 Å². The highest BCUT2D eigenvalue weighted by molar-refractivity contribution is 9.10. The van der Waals surface area contributed by atoms with Gasteiger partial charge in [-0.3, -0.25) is 14.4 Å². The zero-order valence-corrected chi connectivity index (χ0v) is 21.2. The lowest BCUT2D eigenvalue weighted by molar-refractivity contribution is -0.143. The van der Waals surface area contributed by atoms with Crippen LogP contribution in [0.1, 0.15) is 52.4 Å². The highest BCUT2D eigenvalue weighted by Crippen LogP contribution is 2.55. The minimum absolute atomic E-state index is 0.129. The summed E-state index contributed by atoms with van der Waals surface area (Å²) in [6.45, 7) is 3.97. The maximum atomic E-state index is 13.8. The average molecular weight is 530 g/mol. The van der Waals surface area contributed by atoms with Crippen LogP contribution in [-0.2, 0) is 19.1 Å². The van der Waals surface area contributed by atoms with Crippen LogP contribution >= 0.6 is 15.9 Å². The quantitative estimate of drug-likeness (QED) is 0.548. The van der Waals surface area contributed by atoms with Crippen molar-refractivity contribution >= 4 is 39.3 Å². The van der Waals surface area contributed by atoms with Crippen molar-refractivity contribution in [3.05, 3.63) is 40.9 Å². The van der Waals surface area contributed by atoms with Gasteiger partial charge in [0.05, 0.1) is 17.9 Å². The number of carbonyl (C=O) groups excluding carboxylic acids is 3. The van der Waals surface area contributed by atoms with Crippen molar-refractivity contribution in [1.29, 1.82) is 0 Å². The monoisotopic (exact) mass is 529 g/mol. The maximum Gasteiger partial charge on any atom is 0.246 e. The molecule has 1 spiro atoms. The molecule has 0 unspecified atom stereocenters. The van der Waals surface area contributed by atoms with Crippen molar-refractivity contribution < 1.29 is 19.1 Å². The number of benzene rings is 1. The van der Waals surface area contributed by atoms with Gasteiger partial charge in [-0.2, -0.15) is 0 Å². The maximum absolute atomic E-state index is 13.8. The van der Waals surface area contributed by atoms with E-state index >= 15 is 0 Å². The lowest BCUT2D eigenvalue weighted by Gasteiger charge is -2.36. The van der Waals surface area contributed by atoms with E-state index in [9.17, 15) is 14.4 Å². The number of amides is 3. The van der Waals surface area contributed by atoms with Gasteiger partial charge in [0.1, 0.15) is 11.6 Å². The number of likely N-dealkylation sites (tertiary alicyclic amines) is 1. The Balaban J connectivity index is 1.44. The summed E-state index contributed by atoms with van der Waals surface area (Å²) >= 11 is 3.40. The van der Waals surface area contributed by atoms with Gasteiger partial charge in [0.15, 0.2) is 0 Å². The fourth-order valence-electron chi connectivity index (χ4n) is 6.16. The fraction of sp³-hybridized carbons (Fsp3) is 0.577. The van der Waals surface area contributed by atoms with Crippen molar-refractivity contribution in [2.45, 2.75) is 82.2 Å². The van der Waals surface area contributed by atoms with E-state index in [1.165, 1.54) is 6.42 Å². The molecule has 5 rings (SSSR count). The minimum Gasteiger partial charge on any atom is -0.359 e. The molecule has 3 amide bonds. The number of anilines is 1. The molecule has 3 fully saturated rings. The summed E-state index contributed by atoms with van der Waals surface area (Å²) in [5, 5.41) is 6.17. The predicted octanol–water partition coefficient (Wildman–Crippen LogP) is 3.79. The summed E-state index contributed by atoms with van der Waals surface area (Å²) in [4.78, 5) is 42.6. The Kier molecular flexibility index (Phi) is 6.31. The van der Waals surface area contributed by atoms with Gasteiger partial charge in [-0.15, -0.1) is 0 Å². The van der Waals surface area contributed by atoms with E-state index in [0.717, 1.165) is 30.2 Å². The molecule has 1 aromatic carbocycles. The van der Waals surface area contributed by atoms with Crippen molar-refractivity contribution in [2.24, 2.45) is 11.8 Å². The first kappa shape index (κ1) is 23.5. The third kappa shape index (κ3) is 3.79. The van der Waals surface area contributed by atoms with Gasteiger partial charge in [-0.1, -0.05) is 54.3 Å². The number of hydrogen-bond donors (Lipinski definition) is 2. The van der Waals surface area contributed by atoms with Crippen molar-refractivity contribution in [3.63, 3.8) is 0 Å². The van der Waals surface area contributed by atoms with Crippen LogP contribution in [0.4, 0.5) is 5.69 Å². The predicted molar refractivity (Wildman–Crippen MR) is 132 cm³/mol. The number of ether oxygens (including phenoxy) is 1. The number of rotatable bonds is 6. The van der Waals surface area contributed by atoms with E-state index in [-0.39, 0.29) is 29.8 Å². The first-order chi connectivity index (χ1) is 16.4. The number of fused-ring (bicyclic) bond motifs is 1. The molecular formula is C26H32BrN3O4. The van der Waals surface area contributed by atoms with Crippen LogP contribution in [0.2, 0.25) is 0 Å². The van der Waals surface area contributed by atoms with Crippen LogP contribution < -0.4 is 10.6 Å². The second-order valence-electron chi connectivity index (χ2n) is 10.0. The van der Waals surface area contributed by atoms with Crippen LogP contribution in [-0.4, -0.2) is 52.5 Å². The van der Waals surface area contributed by atoms with Gasteiger partial charge in [0.2, 0.25) is 17.7 Å². The lowest BCUT2D eigenvalue weighted by atomic mass is 9.74. The second kappa shape index (κ2) is 9.11. The SMILES string of the molecule is CC[C@H](C)N1C(=O)[C@H]2[C@@H](C(=O)Nc3ccc(Br)cc3)[C@H]3C=C[C@@]2(O3)[C@H]1C(=O)NC1CCCCC1. The Morgan fingerprint density at radius 3 is 2.56 bits per heavy atom. The zero-order chi connectivity index (χ0) is 24.0. The molecule has 182 valence electrons. The van der Waals surface area contributed by atoms with Crippen LogP contribution in [0, 0.1) is 11.8 Å². The Morgan fingerprint density at radius 2 is 1.88 bits per heavy atom. The molecule has 2 saturated heterocycles. The number of halogens is 1.